The van der Waals surface area contributed by atoms with E-state index in [0.717, 1.165) is 28.8 Å². The molecule has 0 saturated heterocycles. The number of hydrogen-bond donors (Lipinski definition) is 0. The molecule has 0 aromatic heterocycles. The van der Waals surface area contributed by atoms with Crippen LogP contribution in [0.2, 0.25) is 0 Å². The summed E-state index contributed by atoms with van der Waals surface area (Å²) in [6, 6.07) is 0. The van der Waals surface area contributed by atoms with Gasteiger partial charge in [-0.2, -0.15) is 0 Å². The largest absolute Gasteiger partial charge is 0.494 e. The average molecular weight is 313 g/mol. The summed E-state index contributed by atoms with van der Waals surface area (Å²) in [6.07, 6.45) is 10.9. The van der Waals surface area contributed by atoms with Gasteiger partial charge in [0, 0.05) is 11.8 Å². The van der Waals surface area contributed by atoms with Gasteiger partial charge in [-0.3, -0.25) is 4.99 Å². The maximum atomic E-state index is 5.51. The Morgan fingerprint density at radius 1 is 1.09 bits per heavy atom. The molecule has 0 fully saturated rings. The van der Waals surface area contributed by atoms with Crippen molar-refractivity contribution in [2.75, 3.05) is 6.61 Å². The molecule has 0 N–H and O–H groups in total. The fourth-order valence-electron chi connectivity index (χ4n) is 1.84. The van der Waals surface area contributed by atoms with Gasteiger partial charge in [0.2, 0.25) is 0 Å². The molecule has 0 aromatic carbocycles. The van der Waals surface area contributed by atoms with Crippen molar-refractivity contribution < 1.29 is 4.74 Å². The minimum atomic E-state index is 0.621. The highest BCUT2D eigenvalue weighted by atomic mass is 16.5. The van der Waals surface area contributed by atoms with E-state index in [1.54, 1.807) is 0 Å². The molecule has 0 heterocycles. The van der Waals surface area contributed by atoms with Crippen LogP contribution in [0.15, 0.2) is 76.2 Å². The number of hydrogen-bond acceptors (Lipinski definition) is 2. The van der Waals surface area contributed by atoms with Gasteiger partial charge in [-0.1, -0.05) is 49.5 Å². The van der Waals surface area contributed by atoms with Gasteiger partial charge >= 0.3 is 0 Å². The van der Waals surface area contributed by atoms with Gasteiger partial charge in [-0.25, -0.2) is 0 Å². The summed E-state index contributed by atoms with van der Waals surface area (Å²) in [4.78, 5) is 4.50. The fraction of sp³-hybridized carbons (Fsp3) is 0.381. The lowest BCUT2D eigenvalue weighted by atomic mass is 10.1. The Hall–Kier alpha value is -2.09. The third-order valence-electron chi connectivity index (χ3n) is 2.97. The highest BCUT2D eigenvalue weighted by molar-refractivity contribution is 5.60. The molecule has 0 aliphatic rings. The third-order valence-corrected chi connectivity index (χ3v) is 2.97. The fourth-order valence-corrected chi connectivity index (χ4v) is 1.84. The smallest absolute Gasteiger partial charge is 0.119 e. The van der Waals surface area contributed by atoms with E-state index in [0.29, 0.717) is 12.4 Å². The first-order chi connectivity index (χ1) is 10.8. The molecule has 0 bridgehead atoms. The molecule has 126 valence electrons. The Bertz CT molecular complexity index is 565. The first-order valence-corrected chi connectivity index (χ1v) is 8.08. The van der Waals surface area contributed by atoms with Crippen LogP contribution in [0.4, 0.5) is 0 Å². The molecule has 2 nitrogen and oxygen atoms in total. The quantitative estimate of drug-likeness (QED) is 0.277. The average Bonchev–Trinajstić information content (AvgIpc) is 2.47. The lowest BCUT2D eigenvalue weighted by Gasteiger charge is -2.09. The van der Waals surface area contributed by atoms with Crippen LogP contribution in [0, 0.1) is 0 Å². The zero-order valence-corrected chi connectivity index (χ0v) is 15.6. The second-order valence-corrected chi connectivity index (χ2v) is 5.57. The Balaban J connectivity index is 5.37. The Kier molecular flexibility index (Phi) is 10.4. The Morgan fingerprint density at radius 3 is 2.22 bits per heavy atom. The van der Waals surface area contributed by atoms with Crippen molar-refractivity contribution in [2.45, 2.75) is 48.0 Å². The second kappa shape index (κ2) is 11.5. The van der Waals surface area contributed by atoms with Gasteiger partial charge in [0.05, 0.1) is 12.3 Å². The minimum absolute atomic E-state index is 0.621. The minimum Gasteiger partial charge on any atom is -0.494 e. The predicted octanol–water partition coefficient (Wildman–Crippen LogP) is 6.32. The van der Waals surface area contributed by atoms with Crippen LogP contribution in [0.25, 0.3) is 0 Å². The third kappa shape index (κ3) is 8.82. The van der Waals surface area contributed by atoms with Crippen molar-refractivity contribution in [3.05, 3.63) is 71.2 Å². The maximum Gasteiger partial charge on any atom is 0.119 e. The highest BCUT2D eigenvalue weighted by Gasteiger charge is 2.02. The van der Waals surface area contributed by atoms with Gasteiger partial charge in [0.1, 0.15) is 5.76 Å². The standard InChI is InChI=1S/C21H31NO/c1-9-14-22-21(15-16(3)4)18(7)12-11-13-20(17(5)6)19(8)23-10-2/h11-15H,3,8-10H2,1-2,4-7H3/b13-11-,18-12+,21-15-,22-14?. The van der Waals surface area contributed by atoms with E-state index in [-0.39, 0.29) is 0 Å². The van der Waals surface area contributed by atoms with Crippen molar-refractivity contribution >= 4 is 6.21 Å². The van der Waals surface area contributed by atoms with E-state index in [9.17, 15) is 0 Å². The van der Waals surface area contributed by atoms with Crippen LogP contribution in [0.3, 0.4) is 0 Å². The summed E-state index contributed by atoms with van der Waals surface area (Å²) in [5.41, 5.74) is 5.21. The van der Waals surface area contributed by atoms with E-state index in [1.165, 1.54) is 5.57 Å². The Labute approximate surface area is 142 Å². The number of rotatable bonds is 9. The molecular weight excluding hydrogens is 282 g/mol. The van der Waals surface area contributed by atoms with Crippen LogP contribution < -0.4 is 0 Å². The number of ether oxygens (including phenoxy) is 1. The van der Waals surface area contributed by atoms with Crippen LogP contribution in [0.1, 0.15) is 48.0 Å². The molecule has 0 aromatic rings. The molecule has 0 radical (unpaired) electrons. The van der Waals surface area contributed by atoms with E-state index in [4.69, 9.17) is 4.74 Å². The zero-order chi connectivity index (χ0) is 17.8. The molecule has 0 saturated carbocycles. The Morgan fingerprint density at radius 2 is 1.74 bits per heavy atom. The lowest BCUT2D eigenvalue weighted by Crippen LogP contribution is -1.94. The van der Waals surface area contributed by atoms with Crippen molar-refractivity contribution in [3.63, 3.8) is 0 Å². The van der Waals surface area contributed by atoms with Crippen molar-refractivity contribution in [1.82, 2.24) is 0 Å². The van der Waals surface area contributed by atoms with Crippen molar-refractivity contribution in [3.8, 4) is 0 Å². The summed E-state index contributed by atoms with van der Waals surface area (Å²) in [5, 5.41) is 0. The predicted molar refractivity (Wildman–Crippen MR) is 104 cm³/mol. The van der Waals surface area contributed by atoms with E-state index in [1.807, 2.05) is 51.3 Å². The summed E-state index contributed by atoms with van der Waals surface area (Å²) in [7, 11) is 0. The van der Waals surface area contributed by atoms with Gasteiger partial charge in [-0.05, 0) is 52.7 Å². The lowest BCUT2D eigenvalue weighted by molar-refractivity contribution is 0.240. The van der Waals surface area contributed by atoms with Gasteiger partial charge < -0.3 is 4.74 Å². The molecule has 0 rings (SSSR count). The van der Waals surface area contributed by atoms with Crippen LogP contribution in [-0.4, -0.2) is 12.8 Å². The molecule has 0 aliphatic carbocycles. The van der Waals surface area contributed by atoms with E-state index in [2.05, 4.69) is 38.9 Å². The number of allylic oxidation sites excluding steroid dienone is 7. The van der Waals surface area contributed by atoms with Crippen molar-refractivity contribution in [2.24, 2.45) is 4.99 Å². The number of aliphatic imine (C=N–C) groups is 1. The molecule has 0 unspecified atom stereocenters. The molecule has 23 heavy (non-hydrogen) atoms. The topological polar surface area (TPSA) is 21.6 Å². The van der Waals surface area contributed by atoms with E-state index >= 15 is 0 Å². The van der Waals surface area contributed by atoms with Crippen LogP contribution in [-0.2, 0) is 4.74 Å². The summed E-state index contributed by atoms with van der Waals surface area (Å²) in [6.45, 7) is 20.7. The SMILES string of the molecule is C=C(C)/C=C(N=CCC)/C(C)=C/C=C\C(C(=C)OCC)=C(C)C. The maximum absolute atomic E-state index is 5.51. The molecule has 0 atom stereocenters. The van der Waals surface area contributed by atoms with Gasteiger partial charge in [0.25, 0.3) is 0 Å². The second-order valence-electron chi connectivity index (χ2n) is 5.57. The van der Waals surface area contributed by atoms with Gasteiger partial charge in [-0.15, -0.1) is 0 Å². The first-order valence-electron chi connectivity index (χ1n) is 8.08. The van der Waals surface area contributed by atoms with E-state index < -0.39 is 0 Å². The summed E-state index contributed by atoms with van der Waals surface area (Å²) >= 11 is 0. The molecule has 2 heteroatoms. The number of nitrogens with zero attached hydrogens (tertiary/aromatic N) is 1. The summed E-state index contributed by atoms with van der Waals surface area (Å²) in [5.74, 6) is 0.705. The molecule has 0 aliphatic heterocycles. The molecule has 0 spiro atoms. The first kappa shape index (κ1) is 20.9. The molecule has 0 amide bonds. The van der Waals surface area contributed by atoms with Crippen LogP contribution in [0.5, 0.6) is 0 Å². The molecular formula is C21H31NO. The summed E-state index contributed by atoms with van der Waals surface area (Å²) < 4.78 is 5.51. The zero-order valence-electron chi connectivity index (χ0n) is 15.6. The van der Waals surface area contributed by atoms with Gasteiger partial charge in [0.15, 0.2) is 0 Å². The van der Waals surface area contributed by atoms with Crippen molar-refractivity contribution in [1.29, 1.82) is 0 Å². The highest BCUT2D eigenvalue weighted by Crippen LogP contribution is 2.17. The van der Waals surface area contributed by atoms with Crippen LogP contribution >= 0.6 is 0 Å². The normalized spacial score (nSPS) is 12.8. The monoisotopic (exact) mass is 313 g/mol.